The van der Waals surface area contributed by atoms with Crippen molar-refractivity contribution in [1.82, 2.24) is 20.2 Å². The van der Waals surface area contributed by atoms with Crippen LogP contribution in [-0.2, 0) is 4.79 Å². The molecule has 0 aromatic carbocycles. The average molecular weight is 194 g/mol. The van der Waals surface area contributed by atoms with E-state index >= 15 is 0 Å². The summed E-state index contributed by atoms with van der Waals surface area (Å²) < 4.78 is 0. The lowest BCUT2D eigenvalue weighted by molar-refractivity contribution is -0.104. The fraction of sp³-hybridized carbons (Fsp3) is 0.556. The van der Waals surface area contributed by atoms with Gasteiger partial charge in [0.15, 0.2) is 5.82 Å². The number of rotatable bonds is 2. The minimum absolute atomic E-state index is 0.186. The molecule has 0 amide bonds. The maximum Gasteiger partial charge on any atom is 0.172 e. The van der Waals surface area contributed by atoms with Crippen molar-refractivity contribution < 1.29 is 4.79 Å². The van der Waals surface area contributed by atoms with Crippen LogP contribution in [0.15, 0.2) is 6.08 Å². The Hall–Kier alpha value is -1.52. The lowest BCUT2D eigenvalue weighted by atomic mass is 9.92. The third-order valence-corrected chi connectivity index (χ3v) is 1.72. The second-order valence-corrected chi connectivity index (χ2v) is 4.06. The predicted molar refractivity (Wildman–Crippen MR) is 52.3 cm³/mol. The van der Waals surface area contributed by atoms with Crippen LogP contribution in [0, 0.1) is 12.3 Å². The molecule has 1 aromatic rings. The molecule has 76 valence electrons. The van der Waals surface area contributed by atoms with Crippen molar-refractivity contribution in [3.63, 3.8) is 0 Å². The molecule has 0 fully saturated rings. The molecule has 0 unspecified atom stereocenters. The molecule has 5 heteroatoms. The molecular weight excluding hydrogens is 180 g/mol. The summed E-state index contributed by atoms with van der Waals surface area (Å²) in [7, 11) is 0. The molecule has 1 rings (SSSR count). The molecule has 0 saturated heterocycles. The van der Waals surface area contributed by atoms with Crippen molar-refractivity contribution in [3.8, 4) is 0 Å². The Morgan fingerprint density at radius 2 is 2.07 bits per heavy atom. The Balaban J connectivity index is 3.14. The van der Waals surface area contributed by atoms with E-state index in [0.717, 1.165) is 12.0 Å². The van der Waals surface area contributed by atoms with Crippen LogP contribution in [0.5, 0.6) is 0 Å². The Morgan fingerprint density at radius 3 is 2.43 bits per heavy atom. The molecule has 0 spiro atoms. The maximum atomic E-state index is 10.5. The van der Waals surface area contributed by atoms with Crippen molar-refractivity contribution in [2.75, 3.05) is 0 Å². The molecule has 0 radical (unpaired) electrons. The van der Waals surface area contributed by atoms with Gasteiger partial charge in [-0.25, -0.2) is 0 Å². The standard InChI is InChI=1S/C9H14N4O/c1-7-10-12-13(11-7)8(5-6-14)9(2,3)4/h5-6H,1-4H3/b8-5+. The summed E-state index contributed by atoms with van der Waals surface area (Å²) in [4.78, 5) is 11.9. The summed E-state index contributed by atoms with van der Waals surface area (Å²) in [6.45, 7) is 7.72. The monoisotopic (exact) mass is 194 g/mol. The van der Waals surface area contributed by atoms with Crippen LogP contribution in [0.25, 0.3) is 5.70 Å². The zero-order valence-electron chi connectivity index (χ0n) is 8.85. The second kappa shape index (κ2) is 3.69. The third kappa shape index (κ3) is 2.25. The van der Waals surface area contributed by atoms with Gasteiger partial charge in [-0.3, -0.25) is 4.79 Å². The Morgan fingerprint density at radius 1 is 1.43 bits per heavy atom. The zero-order valence-corrected chi connectivity index (χ0v) is 8.85. The van der Waals surface area contributed by atoms with Gasteiger partial charge in [-0.2, -0.15) is 0 Å². The highest BCUT2D eigenvalue weighted by molar-refractivity contribution is 5.75. The number of tetrazole rings is 1. The third-order valence-electron chi connectivity index (χ3n) is 1.72. The smallest absolute Gasteiger partial charge is 0.172 e. The first kappa shape index (κ1) is 10.6. The van der Waals surface area contributed by atoms with Crippen molar-refractivity contribution in [2.24, 2.45) is 5.41 Å². The number of aldehydes is 1. The Labute approximate surface area is 82.8 Å². The van der Waals surface area contributed by atoms with E-state index in [9.17, 15) is 4.79 Å². The summed E-state index contributed by atoms with van der Waals surface area (Å²) in [5.41, 5.74) is 0.543. The molecule has 0 aliphatic carbocycles. The van der Waals surface area contributed by atoms with Crippen molar-refractivity contribution in [3.05, 3.63) is 11.9 Å². The van der Waals surface area contributed by atoms with Gasteiger partial charge in [-0.15, -0.1) is 15.0 Å². The summed E-state index contributed by atoms with van der Waals surface area (Å²) in [5, 5.41) is 11.7. The van der Waals surface area contributed by atoms with Crippen LogP contribution in [0.3, 0.4) is 0 Å². The number of aryl methyl sites for hydroxylation is 1. The van der Waals surface area contributed by atoms with Crippen molar-refractivity contribution in [2.45, 2.75) is 27.7 Å². The molecule has 1 aromatic heterocycles. The molecule has 0 bridgehead atoms. The first-order valence-corrected chi connectivity index (χ1v) is 4.38. The van der Waals surface area contributed by atoms with Crippen LogP contribution in [-0.4, -0.2) is 26.5 Å². The number of allylic oxidation sites excluding steroid dienone is 2. The van der Waals surface area contributed by atoms with Gasteiger partial charge >= 0.3 is 0 Å². The molecule has 0 atom stereocenters. The van der Waals surface area contributed by atoms with Gasteiger partial charge in [0.05, 0.1) is 5.70 Å². The minimum Gasteiger partial charge on any atom is -0.298 e. The van der Waals surface area contributed by atoms with Gasteiger partial charge in [-0.1, -0.05) is 20.8 Å². The molecule has 0 N–H and O–H groups in total. The van der Waals surface area contributed by atoms with E-state index in [1.54, 1.807) is 6.92 Å². The lowest BCUT2D eigenvalue weighted by Gasteiger charge is -2.20. The van der Waals surface area contributed by atoms with E-state index in [-0.39, 0.29) is 5.41 Å². The average Bonchev–Trinajstić information content (AvgIpc) is 2.45. The highest BCUT2D eigenvalue weighted by Crippen LogP contribution is 2.27. The molecule has 0 aliphatic heterocycles. The Bertz CT molecular complexity index is 359. The van der Waals surface area contributed by atoms with Gasteiger partial charge in [0.1, 0.15) is 6.29 Å². The number of nitrogens with zero attached hydrogens (tertiary/aromatic N) is 4. The molecule has 0 saturated carbocycles. The van der Waals surface area contributed by atoms with Gasteiger partial charge in [-0.05, 0) is 12.1 Å². The first-order chi connectivity index (χ1) is 6.45. The Kier molecular flexibility index (Phi) is 2.78. The highest BCUT2D eigenvalue weighted by Gasteiger charge is 2.20. The number of hydrogen-bond donors (Lipinski definition) is 0. The first-order valence-electron chi connectivity index (χ1n) is 4.38. The van der Waals surface area contributed by atoms with E-state index in [1.807, 2.05) is 20.8 Å². The molecule has 1 heterocycles. The molecule has 0 aliphatic rings. The predicted octanol–water partition coefficient (Wildman–Crippen LogP) is 1.07. The topological polar surface area (TPSA) is 60.7 Å². The van der Waals surface area contributed by atoms with Crippen LogP contribution in [0.1, 0.15) is 26.6 Å². The lowest BCUT2D eigenvalue weighted by Crippen LogP contribution is -2.17. The van der Waals surface area contributed by atoms with Gasteiger partial charge in [0, 0.05) is 11.5 Å². The van der Waals surface area contributed by atoms with E-state index in [4.69, 9.17) is 0 Å². The van der Waals surface area contributed by atoms with E-state index in [0.29, 0.717) is 5.82 Å². The van der Waals surface area contributed by atoms with Crippen molar-refractivity contribution in [1.29, 1.82) is 0 Å². The van der Waals surface area contributed by atoms with Gasteiger partial charge < -0.3 is 0 Å². The highest BCUT2D eigenvalue weighted by atomic mass is 16.1. The number of hydrogen-bond acceptors (Lipinski definition) is 4. The van der Waals surface area contributed by atoms with Crippen LogP contribution in [0.4, 0.5) is 0 Å². The SMILES string of the molecule is Cc1nnn(/C(=C/C=O)C(C)(C)C)n1. The largest absolute Gasteiger partial charge is 0.298 e. The van der Waals surface area contributed by atoms with E-state index in [1.165, 1.54) is 10.9 Å². The number of aromatic nitrogens is 4. The summed E-state index contributed by atoms with van der Waals surface area (Å²) in [6.07, 6.45) is 2.19. The summed E-state index contributed by atoms with van der Waals surface area (Å²) in [6, 6.07) is 0. The normalized spacial score (nSPS) is 13.0. The summed E-state index contributed by atoms with van der Waals surface area (Å²) in [5.74, 6) is 0.589. The molecule has 5 nitrogen and oxygen atoms in total. The maximum absolute atomic E-state index is 10.5. The fourth-order valence-electron chi connectivity index (χ4n) is 1.07. The zero-order chi connectivity index (χ0) is 10.8. The minimum atomic E-state index is -0.186. The number of carbonyl (C=O) groups is 1. The van der Waals surface area contributed by atoms with E-state index < -0.39 is 0 Å². The van der Waals surface area contributed by atoms with E-state index in [2.05, 4.69) is 15.4 Å². The van der Waals surface area contributed by atoms with Crippen LogP contribution in [0.2, 0.25) is 0 Å². The quantitative estimate of drug-likeness (QED) is 0.522. The van der Waals surface area contributed by atoms with Crippen molar-refractivity contribution >= 4 is 12.0 Å². The molecular formula is C9H14N4O. The molecule has 14 heavy (non-hydrogen) atoms. The van der Waals surface area contributed by atoms with Crippen LogP contribution >= 0.6 is 0 Å². The van der Waals surface area contributed by atoms with Crippen LogP contribution < -0.4 is 0 Å². The summed E-state index contributed by atoms with van der Waals surface area (Å²) >= 11 is 0. The van der Waals surface area contributed by atoms with Gasteiger partial charge in [0.2, 0.25) is 0 Å². The number of carbonyl (C=O) groups excluding carboxylic acids is 1. The fourth-order valence-corrected chi connectivity index (χ4v) is 1.07. The van der Waals surface area contributed by atoms with Gasteiger partial charge in [0.25, 0.3) is 0 Å². The second-order valence-electron chi connectivity index (χ2n) is 4.06.